The van der Waals surface area contributed by atoms with Crippen molar-refractivity contribution in [3.8, 4) is 0 Å². The first-order chi connectivity index (χ1) is 13.3. The maximum Gasteiger partial charge on any atom is 0.269 e. The Morgan fingerprint density at radius 3 is 2.59 bits per heavy atom. The molecule has 1 saturated carbocycles. The number of hydrogen-bond acceptors (Lipinski definition) is 4. The lowest BCUT2D eigenvalue weighted by molar-refractivity contribution is -0.116. The van der Waals surface area contributed by atoms with Crippen LogP contribution in [0, 0.1) is 0 Å². The molecule has 0 saturated heterocycles. The van der Waals surface area contributed by atoms with Crippen LogP contribution in [0.25, 0.3) is 0 Å². The Hall–Kier alpha value is -3.41. The molecule has 0 spiro atoms. The molecular weight excluding hydrogens is 338 g/mol. The highest BCUT2D eigenvalue weighted by atomic mass is 16.2. The third-order valence-electron chi connectivity index (χ3n) is 4.88. The number of anilines is 2. The summed E-state index contributed by atoms with van der Waals surface area (Å²) in [4.78, 5) is 25.2. The van der Waals surface area contributed by atoms with Crippen molar-refractivity contribution in [2.75, 3.05) is 10.6 Å². The summed E-state index contributed by atoms with van der Waals surface area (Å²) >= 11 is 0. The molecule has 27 heavy (non-hydrogen) atoms. The number of benzodiazepines with no additional fused rings is 1. The number of aromatic amines is 1. The van der Waals surface area contributed by atoms with Gasteiger partial charge < -0.3 is 15.6 Å². The highest BCUT2D eigenvalue weighted by Gasteiger charge is 2.28. The van der Waals surface area contributed by atoms with Gasteiger partial charge in [0, 0.05) is 22.7 Å². The summed E-state index contributed by atoms with van der Waals surface area (Å²) in [5.41, 5.74) is 4.51. The number of imidazole rings is 1. The number of H-pyrrole nitrogens is 1. The van der Waals surface area contributed by atoms with E-state index in [-0.39, 0.29) is 5.91 Å². The van der Waals surface area contributed by atoms with E-state index in [1.54, 1.807) is 0 Å². The normalized spacial score (nSPS) is 18.9. The van der Waals surface area contributed by atoms with Crippen molar-refractivity contribution >= 4 is 23.3 Å². The highest BCUT2D eigenvalue weighted by molar-refractivity contribution is 6.19. The fourth-order valence-corrected chi connectivity index (χ4v) is 3.32. The van der Waals surface area contributed by atoms with E-state index in [1.165, 1.54) is 12.8 Å². The Morgan fingerprint density at radius 1 is 1.00 bits per heavy atom. The molecule has 3 aromatic rings. The number of nitrogens with zero attached hydrogens (tertiary/aromatic N) is 2. The molecule has 134 valence electrons. The zero-order chi connectivity index (χ0) is 18.2. The molecule has 0 bridgehead atoms. The summed E-state index contributed by atoms with van der Waals surface area (Å²) in [5, 5.41) is 6.12. The molecule has 5 rings (SSSR count). The molecule has 1 aromatic heterocycles. The molecule has 1 aliphatic heterocycles. The number of aromatic nitrogens is 2. The van der Waals surface area contributed by atoms with Crippen molar-refractivity contribution < 1.29 is 4.79 Å². The maximum atomic E-state index is 12.8. The largest absolute Gasteiger partial charge is 0.328 e. The van der Waals surface area contributed by atoms with Gasteiger partial charge in [-0.25, -0.2) is 9.98 Å². The van der Waals surface area contributed by atoms with Gasteiger partial charge in [0.2, 0.25) is 12.1 Å². The second-order valence-corrected chi connectivity index (χ2v) is 6.89. The molecule has 1 atom stereocenters. The summed E-state index contributed by atoms with van der Waals surface area (Å²) in [7, 11) is 0. The van der Waals surface area contributed by atoms with Crippen molar-refractivity contribution in [3.05, 3.63) is 77.6 Å². The average molecular weight is 357 g/mol. The second kappa shape index (κ2) is 6.39. The minimum absolute atomic E-state index is 0.210. The molecule has 1 fully saturated rings. The number of rotatable bonds is 4. The van der Waals surface area contributed by atoms with Gasteiger partial charge in [-0.05, 0) is 18.9 Å². The predicted octanol–water partition coefficient (Wildman–Crippen LogP) is 3.51. The molecular formula is C21H19N5O. The number of carbonyl (C=O) groups excluding carboxylic acids is 1. The van der Waals surface area contributed by atoms with Crippen LogP contribution in [-0.2, 0) is 4.79 Å². The van der Waals surface area contributed by atoms with Gasteiger partial charge in [-0.1, -0.05) is 48.5 Å². The molecule has 1 aliphatic carbocycles. The lowest BCUT2D eigenvalue weighted by atomic mass is 10.0. The summed E-state index contributed by atoms with van der Waals surface area (Å²) in [6.45, 7) is 0. The predicted molar refractivity (Wildman–Crippen MR) is 105 cm³/mol. The van der Waals surface area contributed by atoms with Crippen LogP contribution in [0.1, 0.15) is 35.6 Å². The Morgan fingerprint density at radius 2 is 1.78 bits per heavy atom. The second-order valence-electron chi connectivity index (χ2n) is 6.89. The van der Waals surface area contributed by atoms with Gasteiger partial charge in [0.1, 0.15) is 0 Å². The van der Waals surface area contributed by atoms with Crippen LogP contribution in [0.15, 0.2) is 65.8 Å². The topological polar surface area (TPSA) is 82.2 Å². The minimum Gasteiger partial charge on any atom is -0.328 e. The van der Waals surface area contributed by atoms with Crippen LogP contribution in [0.5, 0.6) is 0 Å². The number of benzene rings is 2. The molecule has 2 aliphatic rings. The Labute approximate surface area is 156 Å². The van der Waals surface area contributed by atoms with Crippen LogP contribution in [0.4, 0.5) is 11.6 Å². The summed E-state index contributed by atoms with van der Waals surface area (Å²) in [5.74, 6) is 0.931. The highest BCUT2D eigenvalue weighted by Crippen LogP contribution is 2.39. The van der Waals surface area contributed by atoms with E-state index in [9.17, 15) is 4.79 Å². The van der Waals surface area contributed by atoms with Crippen LogP contribution < -0.4 is 10.6 Å². The van der Waals surface area contributed by atoms with Crippen molar-refractivity contribution in [1.82, 2.24) is 9.97 Å². The van der Waals surface area contributed by atoms with Crippen molar-refractivity contribution in [1.29, 1.82) is 0 Å². The van der Waals surface area contributed by atoms with E-state index in [4.69, 9.17) is 4.99 Å². The van der Waals surface area contributed by atoms with E-state index < -0.39 is 6.17 Å². The van der Waals surface area contributed by atoms with Crippen LogP contribution in [-0.4, -0.2) is 27.8 Å². The zero-order valence-corrected chi connectivity index (χ0v) is 14.6. The van der Waals surface area contributed by atoms with Crippen molar-refractivity contribution in [2.24, 2.45) is 4.99 Å². The lowest BCUT2D eigenvalue weighted by Crippen LogP contribution is -2.33. The van der Waals surface area contributed by atoms with E-state index in [2.05, 4.69) is 20.6 Å². The van der Waals surface area contributed by atoms with Crippen molar-refractivity contribution in [2.45, 2.75) is 24.9 Å². The van der Waals surface area contributed by atoms with E-state index in [0.29, 0.717) is 11.9 Å². The molecule has 1 amide bonds. The number of carbonyl (C=O) groups is 1. The summed E-state index contributed by atoms with van der Waals surface area (Å²) in [6, 6.07) is 17.6. The molecule has 6 heteroatoms. The van der Waals surface area contributed by atoms with Crippen LogP contribution >= 0.6 is 0 Å². The smallest absolute Gasteiger partial charge is 0.269 e. The van der Waals surface area contributed by atoms with E-state index >= 15 is 0 Å². The van der Waals surface area contributed by atoms with Gasteiger partial charge >= 0.3 is 0 Å². The number of amides is 1. The third-order valence-corrected chi connectivity index (χ3v) is 4.88. The van der Waals surface area contributed by atoms with Crippen molar-refractivity contribution in [3.63, 3.8) is 0 Å². The SMILES string of the molecule is O=C1Nc2ccccc2C(c2ccccc2)=NC1Nc1ncc(C2CC2)[nH]1. The Balaban J connectivity index is 1.53. The van der Waals surface area contributed by atoms with Gasteiger partial charge in [-0.15, -0.1) is 0 Å². The molecule has 1 unspecified atom stereocenters. The maximum absolute atomic E-state index is 12.8. The molecule has 0 radical (unpaired) electrons. The molecule has 2 heterocycles. The average Bonchev–Trinajstić information content (AvgIpc) is 3.47. The van der Waals surface area contributed by atoms with Crippen LogP contribution in [0.2, 0.25) is 0 Å². The van der Waals surface area contributed by atoms with Crippen LogP contribution in [0.3, 0.4) is 0 Å². The molecule has 6 nitrogen and oxygen atoms in total. The fraction of sp³-hybridized carbons (Fsp3) is 0.190. The quantitative estimate of drug-likeness (QED) is 0.668. The zero-order valence-electron chi connectivity index (χ0n) is 14.6. The molecule has 2 aromatic carbocycles. The summed E-state index contributed by atoms with van der Waals surface area (Å²) < 4.78 is 0. The lowest BCUT2D eigenvalue weighted by Gasteiger charge is -2.12. The van der Waals surface area contributed by atoms with Gasteiger partial charge in [-0.2, -0.15) is 0 Å². The number of para-hydroxylation sites is 1. The monoisotopic (exact) mass is 357 g/mol. The third kappa shape index (κ3) is 3.10. The molecule has 3 N–H and O–H groups in total. The number of fused-ring (bicyclic) bond motifs is 1. The number of nitrogens with one attached hydrogen (secondary N) is 3. The first kappa shape index (κ1) is 15.8. The minimum atomic E-state index is -0.772. The number of hydrogen-bond donors (Lipinski definition) is 3. The Bertz CT molecular complexity index is 1020. The Kier molecular flexibility index (Phi) is 3.74. The van der Waals surface area contributed by atoms with Gasteiger partial charge in [0.25, 0.3) is 5.91 Å². The van der Waals surface area contributed by atoms with Gasteiger partial charge in [0.15, 0.2) is 0 Å². The first-order valence-corrected chi connectivity index (χ1v) is 9.13. The van der Waals surface area contributed by atoms with Gasteiger partial charge in [-0.3, -0.25) is 4.79 Å². The fourth-order valence-electron chi connectivity index (χ4n) is 3.32. The number of aliphatic imine (C=N–C) groups is 1. The standard InChI is InChI=1S/C21H19N5O/c27-20-19(26-21-22-12-17(24-21)13-10-11-13)25-18(14-6-2-1-3-7-14)15-8-4-5-9-16(15)23-20/h1-9,12-13,19H,10-11H2,(H,23,27)(H2,22,24,26). The van der Waals surface area contributed by atoms with E-state index in [0.717, 1.165) is 28.2 Å². The van der Waals surface area contributed by atoms with E-state index in [1.807, 2.05) is 60.8 Å². The first-order valence-electron chi connectivity index (χ1n) is 9.13. The summed E-state index contributed by atoms with van der Waals surface area (Å²) in [6.07, 6.45) is 3.45. The van der Waals surface area contributed by atoms with Gasteiger partial charge in [0.05, 0.1) is 17.6 Å².